The first-order valence-corrected chi connectivity index (χ1v) is 5.34. The van der Waals surface area contributed by atoms with Crippen LogP contribution in [0.3, 0.4) is 0 Å². The van der Waals surface area contributed by atoms with E-state index >= 15 is 0 Å². The van der Waals surface area contributed by atoms with Crippen LogP contribution in [0.1, 0.15) is 11.4 Å². The third-order valence-electron chi connectivity index (χ3n) is 2.96. The van der Waals surface area contributed by atoms with E-state index in [1.807, 2.05) is 6.07 Å². The number of aryl methyl sites for hydroxylation is 1. The SMILES string of the molecule is Cc1ccc2nnc(CC3CNC3)n2c1. The Bertz CT molecular complexity index is 484. The van der Waals surface area contributed by atoms with Crippen LogP contribution in [0.2, 0.25) is 0 Å². The Morgan fingerprint density at radius 1 is 1.40 bits per heavy atom. The molecule has 3 heterocycles. The van der Waals surface area contributed by atoms with Crippen LogP contribution in [0, 0.1) is 12.8 Å². The molecule has 4 heteroatoms. The lowest BCUT2D eigenvalue weighted by molar-refractivity contribution is 0.340. The lowest BCUT2D eigenvalue weighted by Gasteiger charge is -2.26. The molecular formula is C11H14N4. The van der Waals surface area contributed by atoms with E-state index in [1.54, 1.807) is 0 Å². The number of fused-ring (bicyclic) bond motifs is 1. The lowest BCUT2D eigenvalue weighted by atomic mass is 9.99. The monoisotopic (exact) mass is 202 g/mol. The van der Waals surface area contributed by atoms with Gasteiger partial charge in [-0.2, -0.15) is 0 Å². The number of hydrogen-bond donors (Lipinski definition) is 1. The average Bonchev–Trinajstić information content (AvgIpc) is 2.54. The number of hydrogen-bond acceptors (Lipinski definition) is 3. The summed E-state index contributed by atoms with van der Waals surface area (Å²) in [6.07, 6.45) is 3.13. The van der Waals surface area contributed by atoms with Gasteiger partial charge in [-0.1, -0.05) is 6.07 Å². The van der Waals surface area contributed by atoms with E-state index < -0.39 is 0 Å². The predicted octanol–water partition coefficient (Wildman–Crippen LogP) is 0.800. The highest BCUT2D eigenvalue weighted by Crippen LogP contribution is 2.13. The van der Waals surface area contributed by atoms with E-state index in [9.17, 15) is 0 Å². The van der Waals surface area contributed by atoms with Crippen LogP contribution >= 0.6 is 0 Å². The second-order valence-corrected chi connectivity index (χ2v) is 4.28. The van der Waals surface area contributed by atoms with Crippen LogP contribution in [0.4, 0.5) is 0 Å². The molecule has 0 radical (unpaired) electrons. The zero-order valence-electron chi connectivity index (χ0n) is 8.77. The highest BCUT2D eigenvalue weighted by Gasteiger charge is 2.19. The standard InChI is InChI=1S/C11H14N4/c1-8-2-3-10-13-14-11(15(10)7-8)4-9-5-12-6-9/h2-3,7,9,12H,4-6H2,1H3. The van der Waals surface area contributed by atoms with Gasteiger partial charge in [0.1, 0.15) is 5.82 Å². The minimum atomic E-state index is 0.734. The summed E-state index contributed by atoms with van der Waals surface area (Å²) in [5.74, 6) is 1.82. The molecule has 0 atom stereocenters. The second kappa shape index (κ2) is 3.31. The minimum absolute atomic E-state index is 0.734. The summed E-state index contributed by atoms with van der Waals surface area (Å²) in [6.45, 7) is 4.32. The van der Waals surface area contributed by atoms with E-state index in [-0.39, 0.29) is 0 Å². The Kier molecular flexibility index (Phi) is 1.95. The highest BCUT2D eigenvalue weighted by molar-refractivity contribution is 5.39. The Morgan fingerprint density at radius 3 is 3.00 bits per heavy atom. The zero-order valence-corrected chi connectivity index (χ0v) is 8.77. The maximum Gasteiger partial charge on any atom is 0.160 e. The molecule has 0 aliphatic carbocycles. The summed E-state index contributed by atoms with van der Waals surface area (Å²) in [4.78, 5) is 0. The zero-order chi connectivity index (χ0) is 10.3. The maximum atomic E-state index is 4.24. The molecule has 2 aromatic heterocycles. The Hall–Kier alpha value is -1.42. The van der Waals surface area contributed by atoms with Gasteiger partial charge in [-0.3, -0.25) is 4.40 Å². The van der Waals surface area contributed by atoms with Crippen molar-refractivity contribution in [1.82, 2.24) is 19.9 Å². The molecule has 0 unspecified atom stereocenters. The summed E-state index contributed by atoms with van der Waals surface area (Å²) in [5, 5.41) is 11.7. The van der Waals surface area contributed by atoms with Gasteiger partial charge in [0.15, 0.2) is 5.65 Å². The Balaban J connectivity index is 1.98. The van der Waals surface area contributed by atoms with Gasteiger partial charge in [-0.15, -0.1) is 10.2 Å². The summed E-state index contributed by atoms with van der Waals surface area (Å²) in [5.41, 5.74) is 2.19. The predicted molar refractivity (Wildman–Crippen MR) is 57.8 cm³/mol. The topological polar surface area (TPSA) is 42.2 Å². The van der Waals surface area contributed by atoms with Crippen molar-refractivity contribution >= 4 is 5.65 Å². The second-order valence-electron chi connectivity index (χ2n) is 4.28. The summed E-state index contributed by atoms with van der Waals surface area (Å²) in [7, 11) is 0. The largest absolute Gasteiger partial charge is 0.316 e. The molecule has 1 saturated heterocycles. The molecule has 0 amide bonds. The summed E-state index contributed by atoms with van der Waals surface area (Å²) in [6, 6.07) is 4.09. The molecule has 3 rings (SSSR count). The van der Waals surface area contributed by atoms with Crippen LogP contribution < -0.4 is 5.32 Å². The van der Waals surface area contributed by atoms with E-state index in [0.29, 0.717) is 0 Å². The van der Waals surface area contributed by atoms with Crippen molar-refractivity contribution in [2.45, 2.75) is 13.3 Å². The van der Waals surface area contributed by atoms with Crippen LogP contribution in [-0.2, 0) is 6.42 Å². The highest BCUT2D eigenvalue weighted by atomic mass is 15.2. The third-order valence-corrected chi connectivity index (χ3v) is 2.96. The Labute approximate surface area is 88.3 Å². The van der Waals surface area contributed by atoms with Gasteiger partial charge in [0, 0.05) is 12.6 Å². The maximum absolute atomic E-state index is 4.24. The van der Waals surface area contributed by atoms with Gasteiger partial charge < -0.3 is 5.32 Å². The molecule has 1 aliphatic heterocycles. The van der Waals surface area contributed by atoms with Crippen LogP contribution in [0.5, 0.6) is 0 Å². The van der Waals surface area contributed by atoms with Gasteiger partial charge in [0.2, 0.25) is 0 Å². The van der Waals surface area contributed by atoms with Crippen molar-refractivity contribution in [3.05, 3.63) is 29.7 Å². The number of nitrogens with zero attached hydrogens (tertiary/aromatic N) is 3. The van der Waals surface area contributed by atoms with Crippen LogP contribution in [0.25, 0.3) is 5.65 Å². The molecule has 0 aromatic carbocycles. The molecular weight excluding hydrogens is 188 g/mol. The average molecular weight is 202 g/mol. The van der Waals surface area contributed by atoms with Crippen molar-refractivity contribution in [1.29, 1.82) is 0 Å². The minimum Gasteiger partial charge on any atom is -0.316 e. The first kappa shape index (κ1) is 8.85. The van der Waals surface area contributed by atoms with Gasteiger partial charge in [-0.05, 0) is 37.6 Å². The van der Waals surface area contributed by atoms with Gasteiger partial charge in [0.25, 0.3) is 0 Å². The molecule has 2 aromatic rings. The van der Waals surface area contributed by atoms with Crippen molar-refractivity contribution in [2.24, 2.45) is 5.92 Å². The molecule has 1 N–H and O–H groups in total. The van der Waals surface area contributed by atoms with Gasteiger partial charge in [-0.25, -0.2) is 0 Å². The normalized spacial score (nSPS) is 16.9. The van der Waals surface area contributed by atoms with E-state index in [1.165, 1.54) is 5.56 Å². The first-order valence-electron chi connectivity index (χ1n) is 5.34. The first-order chi connectivity index (χ1) is 7.33. The van der Waals surface area contributed by atoms with Crippen molar-refractivity contribution in [2.75, 3.05) is 13.1 Å². The van der Waals surface area contributed by atoms with Gasteiger partial charge in [0.05, 0.1) is 0 Å². The molecule has 0 spiro atoms. The van der Waals surface area contributed by atoms with Gasteiger partial charge >= 0.3 is 0 Å². The number of aromatic nitrogens is 3. The fourth-order valence-corrected chi connectivity index (χ4v) is 1.93. The number of pyridine rings is 1. The van der Waals surface area contributed by atoms with Crippen molar-refractivity contribution < 1.29 is 0 Å². The number of rotatable bonds is 2. The molecule has 78 valence electrons. The third kappa shape index (κ3) is 1.51. The Morgan fingerprint density at radius 2 is 2.27 bits per heavy atom. The fraction of sp³-hybridized carbons (Fsp3) is 0.455. The molecule has 1 aliphatic rings. The fourth-order valence-electron chi connectivity index (χ4n) is 1.93. The lowest BCUT2D eigenvalue weighted by Crippen LogP contribution is -2.43. The molecule has 0 saturated carbocycles. The quantitative estimate of drug-likeness (QED) is 0.783. The van der Waals surface area contributed by atoms with Crippen molar-refractivity contribution in [3.63, 3.8) is 0 Å². The molecule has 0 bridgehead atoms. The van der Waals surface area contributed by atoms with E-state index in [2.05, 4.69) is 39.1 Å². The smallest absolute Gasteiger partial charge is 0.160 e. The number of nitrogens with one attached hydrogen (secondary N) is 1. The van der Waals surface area contributed by atoms with E-state index in [4.69, 9.17) is 0 Å². The summed E-state index contributed by atoms with van der Waals surface area (Å²) < 4.78 is 2.10. The molecule has 15 heavy (non-hydrogen) atoms. The molecule has 1 fully saturated rings. The van der Waals surface area contributed by atoms with Crippen molar-refractivity contribution in [3.8, 4) is 0 Å². The summed E-state index contributed by atoms with van der Waals surface area (Å²) >= 11 is 0. The van der Waals surface area contributed by atoms with Crippen LogP contribution in [-0.4, -0.2) is 27.7 Å². The molecule has 4 nitrogen and oxygen atoms in total. The van der Waals surface area contributed by atoms with E-state index in [0.717, 1.165) is 36.9 Å². The van der Waals surface area contributed by atoms with Crippen LogP contribution in [0.15, 0.2) is 18.3 Å².